The molecule has 4 aliphatic rings. The highest BCUT2D eigenvalue weighted by Crippen LogP contribution is 2.38. The molecule has 2 aromatic carbocycles. The zero-order valence-corrected chi connectivity index (χ0v) is 23.0. The molecule has 4 aliphatic heterocycles. The van der Waals surface area contributed by atoms with Crippen molar-refractivity contribution in [1.29, 1.82) is 0 Å². The number of halogens is 1. The molecule has 0 radical (unpaired) electrons. The highest BCUT2D eigenvalue weighted by Gasteiger charge is 2.42. The second kappa shape index (κ2) is 9.49. The smallest absolute Gasteiger partial charge is 0.255 e. The Morgan fingerprint density at radius 2 is 2.05 bits per heavy atom. The number of nitrogens with one attached hydrogen (secondary N) is 2. The number of rotatable bonds is 6. The van der Waals surface area contributed by atoms with E-state index in [-0.39, 0.29) is 18.0 Å². The van der Waals surface area contributed by atoms with Crippen LogP contribution in [0.4, 0.5) is 15.2 Å². The lowest BCUT2D eigenvalue weighted by Gasteiger charge is -2.29. The van der Waals surface area contributed by atoms with Gasteiger partial charge in [-0.2, -0.15) is 0 Å². The average Bonchev–Trinajstić information content (AvgIpc) is 3.82. The highest BCUT2D eigenvalue weighted by molar-refractivity contribution is 7.13. The largest absolute Gasteiger partial charge is 0.366 e. The first-order valence-corrected chi connectivity index (χ1v) is 14.9. The maximum absolute atomic E-state index is 15.6. The van der Waals surface area contributed by atoms with E-state index in [1.807, 2.05) is 16.7 Å². The van der Waals surface area contributed by atoms with Crippen LogP contribution in [0.3, 0.4) is 0 Å². The van der Waals surface area contributed by atoms with Gasteiger partial charge in [-0.15, -0.1) is 11.3 Å². The molecule has 6 heterocycles. The van der Waals surface area contributed by atoms with Crippen LogP contribution in [0.5, 0.6) is 0 Å². The van der Waals surface area contributed by atoms with Crippen LogP contribution in [-0.2, 0) is 24.3 Å². The van der Waals surface area contributed by atoms with E-state index in [0.29, 0.717) is 34.0 Å². The molecule has 8 rings (SSSR count). The summed E-state index contributed by atoms with van der Waals surface area (Å²) in [6.07, 6.45) is 6.22. The Balaban J connectivity index is 1.11. The molecule has 2 saturated heterocycles. The molecule has 0 saturated carbocycles. The summed E-state index contributed by atoms with van der Waals surface area (Å²) in [5.74, 6) is -1.23. The van der Waals surface area contributed by atoms with Crippen LogP contribution in [-0.4, -0.2) is 56.4 Å². The zero-order chi connectivity index (χ0) is 27.7. The van der Waals surface area contributed by atoms with Gasteiger partial charge in [0.25, 0.3) is 11.8 Å². The minimum atomic E-state index is -0.999. The number of aromatic nitrogens is 3. The fourth-order valence-electron chi connectivity index (χ4n) is 6.89. The van der Waals surface area contributed by atoms with E-state index >= 15 is 4.39 Å². The summed E-state index contributed by atoms with van der Waals surface area (Å²) in [6, 6.07) is 11.5. The minimum absolute atomic E-state index is 0.00692. The van der Waals surface area contributed by atoms with Crippen molar-refractivity contribution < 1.29 is 14.0 Å². The number of thiazole rings is 1. The van der Waals surface area contributed by atoms with Crippen molar-refractivity contribution in [3.8, 4) is 11.1 Å². The molecule has 9 nitrogen and oxygen atoms in total. The summed E-state index contributed by atoms with van der Waals surface area (Å²) < 4.78 is 17.6. The van der Waals surface area contributed by atoms with Crippen molar-refractivity contribution in [2.45, 2.75) is 50.5 Å². The first-order chi connectivity index (χ1) is 20.0. The fourth-order valence-corrected chi connectivity index (χ4v) is 7.42. The number of carbonyl (C=O) groups excluding carboxylic acids is 2. The maximum Gasteiger partial charge on any atom is 0.255 e. The van der Waals surface area contributed by atoms with Gasteiger partial charge in [-0.1, -0.05) is 12.1 Å². The van der Waals surface area contributed by atoms with Crippen molar-refractivity contribution in [3.63, 3.8) is 0 Å². The van der Waals surface area contributed by atoms with Crippen LogP contribution < -0.4 is 15.5 Å². The maximum atomic E-state index is 15.6. The molecule has 2 amide bonds. The van der Waals surface area contributed by atoms with Crippen molar-refractivity contribution >= 4 is 34.0 Å². The monoisotopic (exact) mass is 569 g/mol. The van der Waals surface area contributed by atoms with Crippen molar-refractivity contribution in [2.75, 3.05) is 23.3 Å². The van der Waals surface area contributed by atoms with Gasteiger partial charge >= 0.3 is 0 Å². The second-order valence-corrected chi connectivity index (χ2v) is 12.1. The Bertz CT molecular complexity index is 1670. The predicted octanol–water partition coefficient (Wildman–Crippen LogP) is 3.98. The Morgan fingerprint density at radius 3 is 2.80 bits per heavy atom. The molecule has 2 aromatic heterocycles. The van der Waals surface area contributed by atoms with Gasteiger partial charge in [0.15, 0.2) is 11.2 Å². The summed E-state index contributed by atoms with van der Waals surface area (Å²) in [4.78, 5) is 40.2. The number of carbonyl (C=O) groups is 2. The van der Waals surface area contributed by atoms with Crippen LogP contribution in [0, 0.1) is 5.82 Å². The number of amides is 2. The third-order valence-corrected chi connectivity index (χ3v) is 9.57. The van der Waals surface area contributed by atoms with Crippen molar-refractivity contribution in [3.05, 3.63) is 82.6 Å². The quantitative estimate of drug-likeness (QED) is 0.365. The minimum Gasteiger partial charge on any atom is -0.366 e. The van der Waals surface area contributed by atoms with Gasteiger partial charge in [-0.3, -0.25) is 14.9 Å². The SMILES string of the molecule is O=C(Nc1nccs1)C(c1ncn2c1CCC2)N1Cc2c(F)cc(-c3ccc(N4C[C@@H]5C[C@H]4CN5)cc3)cc2C1=O. The summed E-state index contributed by atoms with van der Waals surface area (Å²) in [5, 5.41) is 8.57. The van der Waals surface area contributed by atoms with Crippen LogP contribution in [0.15, 0.2) is 54.3 Å². The molecule has 3 atom stereocenters. The van der Waals surface area contributed by atoms with Gasteiger partial charge in [0, 0.05) is 65.8 Å². The van der Waals surface area contributed by atoms with Gasteiger partial charge in [0.1, 0.15) is 5.82 Å². The molecule has 0 aliphatic carbocycles. The summed E-state index contributed by atoms with van der Waals surface area (Å²) in [5.41, 5.74) is 4.71. The number of nitrogens with zero attached hydrogens (tertiary/aromatic N) is 5. The van der Waals surface area contributed by atoms with E-state index < -0.39 is 17.8 Å². The van der Waals surface area contributed by atoms with Gasteiger partial charge < -0.3 is 19.7 Å². The number of aryl methyl sites for hydroxylation is 1. The first-order valence-electron chi connectivity index (χ1n) is 14.0. The molecule has 2 bridgehead atoms. The number of anilines is 2. The molecule has 11 heteroatoms. The number of fused-ring (bicyclic) bond motifs is 4. The van der Waals surface area contributed by atoms with Crippen LogP contribution in [0.1, 0.15) is 46.2 Å². The van der Waals surface area contributed by atoms with Crippen LogP contribution in [0.25, 0.3) is 11.1 Å². The second-order valence-electron chi connectivity index (χ2n) is 11.2. The number of hydrogen-bond donors (Lipinski definition) is 2. The lowest BCUT2D eigenvalue weighted by atomic mass is 9.99. The Morgan fingerprint density at radius 1 is 1.17 bits per heavy atom. The molecule has 208 valence electrons. The molecule has 0 spiro atoms. The zero-order valence-electron chi connectivity index (χ0n) is 22.2. The molecular formula is C30H28FN7O2S. The fraction of sp³-hybridized carbons (Fsp3) is 0.333. The van der Waals surface area contributed by atoms with Crippen molar-refractivity contribution in [2.24, 2.45) is 0 Å². The normalized spacial score (nSPS) is 21.4. The van der Waals surface area contributed by atoms with Gasteiger partial charge in [0.05, 0.1) is 18.6 Å². The van der Waals surface area contributed by atoms with Gasteiger partial charge in [-0.25, -0.2) is 14.4 Å². The number of benzene rings is 2. The molecule has 1 unspecified atom stereocenters. The van der Waals surface area contributed by atoms with Crippen LogP contribution in [0.2, 0.25) is 0 Å². The topological polar surface area (TPSA) is 95.4 Å². The van der Waals surface area contributed by atoms with Gasteiger partial charge in [0.2, 0.25) is 0 Å². The van der Waals surface area contributed by atoms with E-state index in [9.17, 15) is 9.59 Å². The van der Waals surface area contributed by atoms with E-state index in [1.165, 1.54) is 28.7 Å². The van der Waals surface area contributed by atoms with E-state index in [1.54, 1.807) is 24.0 Å². The van der Waals surface area contributed by atoms with E-state index in [4.69, 9.17) is 0 Å². The third kappa shape index (κ3) is 4.06. The lowest BCUT2D eigenvalue weighted by molar-refractivity contribution is -0.121. The molecule has 2 N–H and O–H groups in total. The number of piperazine rings is 1. The number of imidazole rings is 1. The average molecular weight is 570 g/mol. The Kier molecular flexibility index (Phi) is 5.71. The Labute approximate surface area is 240 Å². The summed E-state index contributed by atoms with van der Waals surface area (Å²) >= 11 is 1.30. The first kappa shape index (κ1) is 24.7. The van der Waals surface area contributed by atoms with Crippen LogP contribution >= 0.6 is 11.3 Å². The summed E-state index contributed by atoms with van der Waals surface area (Å²) in [6.45, 7) is 2.82. The molecule has 4 aromatic rings. The highest BCUT2D eigenvalue weighted by atomic mass is 32.1. The van der Waals surface area contributed by atoms with E-state index in [2.05, 4.69) is 37.6 Å². The summed E-state index contributed by atoms with van der Waals surface area (Å²) in [7, 11) is 0. The van der Waals surface area contributed by atoms with E-state index in [0.717, 1.165) is 49.4 Å². The molecular weight excluding hydrogens is 541 g/mol. The third-order valence-electron chi connectivity index (χ3n) is 8.88. The standard InChI is InChI=1S/C30H28FN7O2S/c31-24-11-18(17-3-5-20(6-4-17)37-14-19-12-21(37)13-33-19)10-22-23(24)15-38(29(22)40)27(28(39)35-30-32-7-9-41-30)26-25-2-1-8-36(25)16-34-26/h3-7,9-11,16,19,21,27,33H,1-2,8,12-15H2,(H,32,35,39)/t19-,21-,27?/m0/s1. The molecule has 2 fully saturated rings. The predicted molar refractivity (Wildman–Crippen MR) is 153 cm³/mol. The Hall–Kier alpha value is -4.09. The van der Waals surface area contributed by atoms with Crippen molar-refractivity contribution in [1.82, 2.24) is 24.8 Å². The van der Waals surface area contributed by atoms with Gasteiger partial charge in [-0.05, 0) is 54.7 Å². The molecule has 41 heavy (non-hydrogen) atoms. The lowest BCUT2D eigenvalue weighted by Crippen LogP contribution is -2.43. The number of hydrogen-bond acceptors (Lipinski definition) is 7.